The average Bonchev–Trinajstić information content (AvgIpc) is 1.95. The van der Waals surface area contributed by atoms with Gasteiger partial charge in [-0.1, -0.05) is 6.08 Å². The van der Waals surface area contributed by atoms with Gasteiger partial charge in [0.25, 0.3) is 0 Å². The molecule has 1 aromatic rings. The summed E-state index contributed by atoms with van der Waals surface area (Å²) in [6, 6.07) is 3.55. The second-order valence-electron chi connectivity index (χ2n) is 1.88. The zero-order chi connectivity index (χ0) is 7.40. The van der Waals surface area contributed by atoms with Crippen molar-refractivity contribution in [3.05, 3.63) is 23.9 Å². The Balaban J connectivity index is 2.89. The van der Waals surface area contributed by atoms with Gasteiger partial charge in [-0.3, -0.25) is 0 Å². The molecule has 0 aliphatic rings. The van der Waals surface area contributed by atoms with Crippen molar-refractivity contribution in [2.75, 3.05) is 5.73 Å². The van der Waals surface area contributed by atoms with Crippen LogP contribution in [0.5, 0.6) is 0 Å². The van der Waals surface area contributed by atoms with Gasteiger partial charge in [-0.15, -0.1) is 10.2 Å². The van der Waals surface area contributed by atoms with Crippen LogP contribution in [0.25, 0.3) is 6.08 Å². The smallest absolute Gasteiger partial charge is 0.146 e. The molecular formula is C7H9N3. The Kier molecular flexibility index (Phi) is 1.99. The van der Waals surface area contributed by atoms with Crippen LogP contribution in [0, 0.1) is 0 Å². The number of allylic oxidation sites excluding steroid dienone is 1. The molecule has 3 heteroatoms. The Morgan fingerprint density at radius 3 is 2.70 bits per heavy atom. The standard InChI is InChI=1S/C7H9N3/c1-2-3-6-4-5-7(8)10-9-6/h2-5H,1H3,(H2,8,10). The SMILES string of the molecule is CC=Cc1ccc(N)nn1. The van der Waals surface area contributed by atoms with Gasteiger partial charge in [0.15, 0.2) is 0 Å². The predicted molar refractivity (Wildman–Crippen MR) is 41.2 cm³/mol. The fraction of sp³-hybridized carbons (Fsp3) is 0.143. The quantitative estimate of drug-likeness (QED) is 0.627. The van der Waals surface area contributed by atoms with Crippen LogP contribution in [-0.4, -0.2) is 10.2 Å². The summed E-state index contributed by atoms with van der Waals surface area (Å²) in [5.41, 5.74) is 6.16. The summed E-state index contributed by atoms with van der Waals surface area (Å²) in [4.78, 5) is 0. The first-order chi connectivity index (χ1) is 4.83. The van der Waals surface area contributed by atoms with Crippen molar-refractivity contribution in [2.45, 2.75) is 6.92 Å². The van der Waals surface area contributed by atoms with Gasteiger partial charge in [-0.2, -0.15) is 0 Å². The minimum atomic E-state index is 0.452. The van der Waals surface area contributed by atoms with E-state index in [1.807, 2.05) is 25.1 Å². The van der Waals surface area contributed by atoms with Crippen LogP contribution < -0.4 is 5.73 Å². The maximum Gasteiger partial charge on any atom is 0.146 e. The number of hydrogen-bond acceptors (Lipinski definition) is 3. The Morgan fingerprint density at radius 1 is 1.40 bits per heavy atom. The van der Waals surface area contributed by atoms with Crippen molar-refractivity contribution in [3.63, 3.8) is 0 Å². The zero-order valence-corrected chi connectivity index (χ0v) is 5.78. The maximum absolute atomic E-state index is 5.33. The number of nitrogens with two attached hydrogens (primary N) is 1. The van der Waals surface area contributed by atoms with E-state index >= 15 is 0 Å². The Labute approximate surface area is 59.6 Å². The molecule has 0 bridgehead atoms. The topological polar surface area (TPSA) is 51.8 Å². The van der Waals surface area contributed by atoms with Gasteiger partial charge < -0.3 is 5.73 Å². The summed E-state index contributed by atoms with van der Waals surface area (Å²) in [7, 11) is 0. The average molecular weight is 135 g/mol. The molecule has 0 atom stereocenters. The van der Waals surface area contributed by atoms with E-state index in [2.05, 4.69) is 10.2 Å². The molecular weight excluding hydrogens is 126 g/mol. The van der Waals surface area contributed by atoms with Crippen molar-refractivity contribution in [1.29, 1.82) is 0 Å². The molecule has 0 spiro atoms. The fourth-order valence-electron chi connectivity index (χ4n) is 0.613. The first kappa shape index (κ1) is 6.74. The van der Waals surface area contributed by atoms with Crippen molar-refractivity contribution in [1.82, 2.24) is 10.2 Å². The summed E-state index contributed by atoms with van der Waals surface area (Å²) in [5.74, 6) is 0.452. The number of aromatic nitrogens is 2. The molecule has 2 N–H and O–H groups in total. The molecule has 1 aromatic heterocycles. The highest BCUT2D eigenvalue weighted by molar-refractivity contribution is 5.44. The highest BCUT2D eigenvalue weighted by atomic mass is 15.1. The summed E-state index contributed by atoms with van der Waals surface area (Å²) in [6.07, 6.45) is 3.77. The van der Waals surface area contributed by atoms with Crippen LogP contribution >= 0.6 is 0 Å². The fourth-order valence-corrected chi connectivity index (χ4v) is 0.613. The predicted octanol–water partition coefficient (Wildman–Crippen LogP) is 1.09. The van der Waals surface area contributed by atoms with E-state index in [-0.39, 0.29) is 0 Å². The van der Waals surface area contributed by atoms with E-state index in [4.69, 9.17) is 5.73 Å². The molecule has 3 nitrogen and oxygen atoms in total. The lowest BCUT2D eigenvalue weighted by molar-refractivity contribution is 1.03. The van der Waals surface area contributed by atoms with Crippen LogP contribution in [0.4, 0.5) is 5.82 Å². The van der Waals surface area contributed by atoms with E-state index in [0.29, 0.717) is 5.82 Å². The molecule has 0 unspecified atom stereocenters. The molecule has 1 heterocycles. The number of rotatable bonds is 1. The first-order valence-corrected chi connectivity index (χ1v) is 3.05. The van der Waals surface area contributed by atoms with E-state index < -0.39 is 0 Å². The number of anilines is 1. The highest BCUT2D eigenvalue weighted by Crippen LogP contribution is 1.98. The van der Waals surface area contributed by atoms with Crippen LogP contribution in [-0.2, 0) is 0 Å². The van der Waals surface area contributed by atoms with Crippen molar-refractivity contribution >= 4 is 11.9 Å². The minimum Gasteiger partial charge on any atom is -0.382 e. The Hall–Kier alpha value is -1.38. The van der Waals surface area contributed by atoms with Crippen LogP contribution in [0.1, 0.15) is 12.6 Å². The largest absolute Gasteiger partial charge is 0.382 e. The lowest BCUT2D eigenvalue weighted by Crippen LogP contribution is -1.92. The van der Waals surface area contributed by atoms with E-state index in [9.17, 15) is 0 Å². The molecule has 10 heavy (non-hydrogen) atoms. The summed E-state index contributed by atoms with van der Waals surface area (Å²) in [5, 5.41) is 7.48. The lowest BCUT2D eigenvalue weighted by atomic mass is 10.3. The lowest BCUT2D eigenvalue weighted by Gasteiger charge is -1.90. The second-order valence-corrected chi connectivity index (χ2v) is 1.88. The first-order valence-electron chi connectivity index (χ1n) is 3.05. The van der Waals surface area contributed by atoms with Gasteiger partial charge in [0.05, 0.1) is 5.69 Å². The third-order valence-corrected chi connectivity index (χ3v) is 1.04. The van der Waals surface area contributed by atoms with Crippen LogP contribution in [0.3, 0.4) is 0 Å². The van der Waals surface area contributed by atoms with Crippen molar-refractivity contribution < 1.29 is 0 Å². The monoisotopic (exact) mass is 135 g/mol. The molecule has 1 rings (SSSR count). The van der Waals surface area contributed by atoms with Crippen LogP contribution in [0.15, 0.2) is 18.2 Å². The zero-order valence-electron chi connectivity index (χ0n) is 5.78. The van der Waals surface area contributed by atoms with E-state index in [1.165, 1.54) is 0 Å². The third-order valence-electron chi connectivity index (χ3n) is 1.04. The van der Waals surface area contributed by atoms with Crippen molar-refractivity contribution in [2.24, 2.45) is 0 Å². The van der Waals surface area contributed by atoms with Gasteiger partial charge in [0.1, 0.15) is 5.82 Å². The molecule has 52 valence electrons. The van der Waals surface area contributed by atoms with Gasteiger partial charge >= 0.3 is 0 Å². The van der Waals surface area contributed by atoms with Crippen LogP contribution in [0.2, 0.25) is 0 Å². The molecule has 0 aromatic carbocycles. The number of nitrogen functional groups attached to an aromatic ring is 1. The normalized spacial score (nSPS) is 10.5. The number of hydrogen-bond donors (Lipinski definition) is 1. The molecule has 0 aliphatic carbocycles. The second kappa shape index (κ2) is 2.96. The minimum absolute atomic E-state index is 0.452. The maximum atomic E-state index is 5.33. The Bertz CT molecular complexity index is 225. The van der Waals surface area contributed by atoms with Gasteiger partial charge in [0.2, 0.25) is 0 Å². The van der Waals surface area contributed by atoms with Gasteiger partial charge in [0, 0.05) is 0 Å². The molecule has 0 aliphatic heterocycles. The van der Waals surface area contributed by atoms with Gasteiger partial charge in [-0.25, -0.2) is 0 Å². The molecule has 0 amide bonds. The third kappa shape index (κ3) is 1.55. The van der Waals surface area contributed by atoms with Crippen molar-refractivity contribution in [3.8, 4) is 0 Å². The molecule has 0 saturated heterocycles. The van der Waals surface area contributed by atoms with E-state index in [1.54, 1.807) is 6.07 Å². The van der Waals surface area contributed by atoms with Gasteiger partial charge in [-0.05, 0) is 25.1 Å². The summed E-state index contributed by atoms with van der Waals surface area (Å²) >= 11 is 0. The summed E-state index contributed by atoms with van der Waals surface area (Å²) < 4.78 is 0. The Morgan fingerprint density at radius 2 is 2.20 bits per heavy atom. The molecule has 0 fully saturated rings. The highest BCUT2D eigenvalue weighted by Gasteiger charge is 1.86. The molecule has 0 saturated carbocycles. The summed E-state index contributed by atoms with van der Waals surface area (Å²) in [6.45, 7) is 1.93. The van der Waals surface area contributed by atoms with E-state index in [0.717, 1.165) is 5.69 Å². The number of nitrogens with zero attached hydrogens (tertiary/aromatic N) is 2. The molecule has 0 radical (unpaired) electrons.